The number of benzene rings is 1. The van der Waals surface area contributed by atoms with Crippen LogP contribution < -0.4 is 21.3 Å². The molecule has 0 atom stereocenters. The Morgan fingerprint density at radius 2 is 1.89 bits per heavy atom. The van der Waals surface area contributed by atoms with Gasteiger partial charge in [-0.15, -0.1) is 0 Å². The van der Waals surface area contributed by atoms with Gasteiger partial charge in [-0.1, -0.05) is 12.1 Å². The summed E-state index contributed by atoms with van der Waals surface area (Å²) >= 11 is 0. The molecule has 2 aromatic rings. The molecule has 1 aromatic carbocycles. The summed E-state index contributed by atoms with van der Waals surface area (Å²) in [5.41, 5.74) is 3.61. The summed E-state index contributed by atoms with van der Waals surface area (Å²) in [5.74, 6) is 7.41. The second-order valence-corrected chi connectivity index (χ2v) is 3.63. The number of methoxy groups -OCH3 is 1. The van der Waals surface area contributed by atoms with Crippen molar-refractivity contribution in [2.75, 3.05) is 17.9 Å². The normalized spacial score (nSPS) is 9.89. The van der Waals surface area contributed by atoms with Crippen LogP contribution in [0.15, 0.2) is 36.7 Å². The van der Waals surface area contributed by atoms with E-state index in [1.165, 1.54) is 6.33 Å². The van der Waals surface area contributed by atoms with Crippen molar-refractivity contribution >= 4 is 11.6 Å². The fourth-order valence-corrected chi connectivity index (χ4v) is 1.47. The lowest BCUT2D eigenvalue weighted by Gasteiger charge is -2.07. The molecule has 2 rings (SSSR count). The smallest absolute Gasteiger partial charge is 0.145 e. The highest BCUT2D eigenvalue weighted by atomic mass is 16.5. The zero-order valence-corrected chi connectivity index (χ0v) is 10.1. The fourth-order valence-electron chi connectivity index (χ4n) is 1.47. The van der Waals surface area contributed by atoms with Crippen molar-refractivity contribution in [1.82, 2.24) is 9.97 Å². The van der Waals surface area contributed by atoms with Crippen LogP contribution in [-0.2, 0) is 6.54 Å². The number of nitrogen functional groups attached to an aromatic ring is 1. The third kappa shape index (κ3) is 3.08. The van der Waals surface area contributed by atoms with Crippen LogP contribution in [0, 0.1) is 0 Å². The van der Waals surface area contributed by atoms with Gasteiger partial charge in [-0.3, -0.25) is 0 Å². The Labute approximate surface area is 105 Å². The molecule has 1 heterocycles. The lowest BCUT2D eigenvalue weighted by atomic mass is 10.2. The number of aromatic nitrogens is 2. The Hall–Kier alpha value is -2.34. The van der Waals surface area contributed by atoms with E-state index in [0.717, 1.165) is 11.3 Å². The van der Waals surface area contributed by atoms with Gasteiger partial charge in [0.15, 0.2) is 0 Å². The molecular formula is C12H15N5O. The van der Waals surface area contributed by atoms with Gasteiger partial charge in [0.25, 0.3) is 0 Å². The average molecular weight is 245 g/mol. The molecule has 0 fully saturated rings. The van der Waals surface area contributed by atoms with Crippen LogP contribution in [0.3, 0.4) is 0 Å². The van der Waals surface area contributed by atoms with Gasteiger partial charge in [0.2, 0.25) is 0 Å². The second kappa shape index (κ2) is 5.83. The average Bonchev–Trinajstić information content (AvgIpc) is 2.46. The van der Waals surface area contributed by atoms with E-state index in [1.54, 1.807) is 13.2 Å². The molecule has 18 heavy (non-hydrogen) atoms. The largest absolute Gasteiger partial charge is 0.497 e. The molecule has 0 bridgehead atoms. The minimum absolute atomic E-state index is 0.572. The first-order valence-corrected chi connectivity index (χ1v) is 5.47. The van der Waals surface area contributed by atoms with Crippen LogP contribution in [0.5, 0.6) is 5.75 Å². The number of nitrogens with zero attached hydrogens (tertiary/aromatic N) is 2. The lowest BCUT2D eigenvalue weighted by molar-refractivity contribution is 0.414. The maximum atomic E-state index is 5.28. The van der Waals surface area contributed by atoms with Crippen LogP contribution in [0.2, 0.25) is 0 Å². The number of hydrogen-bond acceptors (Lipinski definition) is 6. The van der Waals surface area contributed by atoms with Crippen molar-refractivity contribution < 1.29 is 4.74 Å². The van der Waals surface area contributed by atoms with Gasteiger partial charge in [0.1, 0.15) is 23.7 Å². The summed E-state index contributed by atoms with van der Waals surface area (Å²) in [7, 11) is 1.65. The van der Waals surface area contributed by atoms with Crippen LogP contribution in [0.1, 0.15) is 5.56 Å². The highest BCUT2D eigenvalue weighted by molar-refractivity contribution is 5.46. The van der Waals surface area contributed by atoms with Crippen molar-refractivity contribution in [3.63, 3.8) is 0 Å². The van der Waals surface area contributed by atoms with Crippen LogP contribution in [-0.4, -0.2) is 17.1 Å². The van der Waals surface area contributed by atoms with Gasteiger partial charge in [0.05, 0.1) is 7.11 Å². The van der Waals surface area contributed by atoms with Crippen molar-refractivity contribution in [3.8, 4) is 5.75 Å². The summed E-state index contributed by atoms with van der Waals surface area (Å²) in [4.78, 5) is 8.03. The van der Waals surface area contributed by atoms with E-state index in [-0.39, 0.29) is 0 Å². The molecule has 0 amide bonds. The summed E-state index contributed by atoms with van der Waals surface area (Å²) in [6.45, 7) is 0.672. The highest BCUT2D eigenvalue weighted by Gasteiger charge is 1.98. The molecule has 0 spiro atoms. The van der Waals surface area contributed by atoms with E-state index < -0.39 is 0 Å². The third-order valence-electron chi connectivity index (χ3n) is 2.45. The lowest BCUT2D eigenvalue weighted by Crippen LogP contribution is -2.09. The molecule has 0 aliphatic heterocycles. The first-order valence-electron chi connectivity index (χ1n) is 5.47. The van der Waals surface area contributed by atoms with Crippen molar-refractivity contribution in [1.29, 1.82) is 0 Å². The first kappa shape index (κ1) is 12.1. The van der Waals surface area contributed by atoms with E-state index >= 15 is 0 Å². The maximum absolute atomic E-state index is 5.28. The van der Waals surface area contributed by atoms with E-state index in [0.29, 0.717) is 18.2 Å². The van der Waals surface area contributed by atoms with Gasteiger partial charge in [-0.25, -0.2) is 15.8 Å². The van der Waals surface area contributed by atoms with Gasteiger partial charge in [0, 0.05) is 12.6 Å². The Bertz CT molecular complexity index is 500. The molecular weight excluding hydrogens is 230 g/mol. The van der Waals surface area contributed by atoms with Crippen molar-refractivity contribution in [3.05, 3.63) is 42.2 Å². The highest BCUT2D eigenvalue weighted by Crippen LogP contribution is 2.13. The van der Waals surface area contributed by atoms with E-state index in [1.807, 2.05) is 24.3 Å². The molecule has 6 nitrogen and oxygen atoms in total. The van der Waals surface area contributed by atoms with Crippen molar-refractivity contribution in [2.24, 2.45) is 5.84 Å². The molecule has 94 valence electrons. The summed E-state index contributed by atoms with van der Waals surface area (Å²) < 4.78 is 5.10. The Morgan fingerprint density at radius 1 is 1.17 bits per heavy atom. The van der Waals surface area contributed by atoms with Gasteiger partial charge >= 0.3 is 0 Å². The maximum Gasteiger partial charge on any atom is 0.145 e. The van der Waals surface area contributed by atoms with Crippen LogP contribution in [0.25, 0.3) is 0 Å². The standard InChI is InChI=1S/C12H15N5O/c1-18-10-4-2-9(3-5-10)7-14-11-6-12(17-13)16-8-15-11/h2-6,8H,7,13H2,1H3,(H2,14,15,16,17). The summed E-state index contributed by atoms with van der Waals surface area (Å²) in [6.07, 6.45) is 1.45. The first-order chi connectivity index (χ1) is 8.81. The Kier molecular flexibility index (Phi) is 3.93. The quantitative estimate of drug-likeness (QED) is 0.545. The minimum atomic E-state index is 0.572. The number of hydrogen-bond donors (Lipinski definition) is 3. The van der Waals surface area contributed by atoms with Gasteiger partial charge < -0.3 is 15.5 Å². The van der Waals surface area contributed by atoms with E-state index in [4.69, 9.17) is 10.6 Å². The van der Waals surface area contributed by atoms with Crippen LogP contribution in [0.4, 0.5) is 11.6 Å². The monoisotopic (exact) mass is 245 g/mol. The Balaban J connectivity index is 1.97. The summed E-state index contributed by atoms with van der Waals surface area (Å²) in [6, 6.07) is 9.57. The van der Waals surface area contributed by atoms with Gasteiger partial charge in [-0.05, 0) is 17.7 Å². The van der Waals surface area contributed by atoms with Gasteiger partial charge in [-0.2, -0.15) is 0 Å². The SMILES string of the molecule is COc1ccc(CNc2cc(NN)ncn2)cc1. The number of hydrazine groups is 1. The Morgan fingerprint density at radius 3 is 2.56 bits per heavy atom. The predicted molar refractivity (Wildman–Crippen MR) is 70.2 cm³/mol. The molecule has 4 N–H and O–H groups in total. The minimum Gasteiger partial charge on any atom is -0.497 e. The molecule has 0 radical (unpaired) electrons. The summed E-state index contributed by atoms with van der Waals surface area (Å²) in [5, 5.41) is 3.19. The molecule has 0 unspecified atom stereocenters. The molecule has 0 aliphatic carbocycles. The topological polar surface area (TPSA) is 85.1 Å². The molecule has 0 saturated heterocycles. The third-order valence-corrected chi connectivity index (χ3v) is 2.45. The zero-order valence-electron chi connectivity index (χ0n) is 10.1. The van der Waals surface area contributed by atoms with E-state index in [9.17, 15) is 0 Å². The molecule has 6 heteroatoms. The van der Waals surface area contributed by atoms with E-state index in [2.05, 4.69) is 20.7 Å². The number of rotatable bonds is 5. The zero-order chi connectivity index (χ0) is 12.8. The number of nitrogens with one attached hydrogen (secondary N) is 2. The predicted octanol–water partition coefficient (Wildman–Crippen LogP) is 1.38. The number of ether oxygens (including phenoxy) is 1. The molecule has 0 aliphatic rings. The number of anilines is 2. The van der Waals surface area contributed by atoms with Crippen LogP contribution >= 0.6 is 0 Å². The second-order valence-electron chi connectivity index (χ2n) is 3.63. The molecule has 0 saturated carbocycles. The molecule has 1 aromatic heterocycles. The number of nitrogens with two attached hydrogens (primary N) is 1. The van der Waals surface area contributed by atoms with Crippen molar-refractivity contribution in [2.45, 2.75) is 6.54 Å². The fraction of sp³-hybridized carbons (Fsp3) is 0.167.